The monoisotopic (exact) mass is 281 g/mol. The van der Waals surface area contributed by atoms with Crippen molar-refractivity contribution in [3.05, 3.63) is 33.3 Å². The molecule has 0 aliphatic heterocycles. The van der Waals surface area contributed by atoms with Gasteiger partial charge in [-0.1, -0.05) is 17.7 Å². The largest absolute Gasteiger partial charge is 0.772 e. The van der Waals surface area contributed by atoms with Crippen LogP contribution in [0.25, 0.3) is 0 Å². The molecule has 0 saturated heterocycles. The van der Waals surface area contributed by atoms with Gasteiger partial charge in [0, 0.05) is 9.72 Å². The van der Waals surface area contributed by atoms with Gasteiger partial charge in [0.25, 0.3) is 0 Å². The Morgan fingerprint density at radius 1 is 1.62 bits per heavy atom. The van der Waals surface area contributed by atoms with E-state index in [0.717, 1.165) is 4.47 Å². The first-order chi connectivity index (χ1) is 6.02. The molecular weight excluding hydrogens is 276 g/mol. The molecular formula is C8H7BrClO2S-. The number of rotatable bonds is 2. The van der Waals surface area contributed by atoms with Crippen LogP contribution in [0.5, 0.6) is 0 Å². The minimum Gasteiger partial charge on any atom is -0.772 e. The summed E-state index contributed by atoms with van der Waals surface area (Å²) in [4.78, 5) is 0. The predicted molar refractivity (Wildman–Crippen MR) is 56.5 cm³/mol. The van der Waals surface area contributed by atoms with Gasteiger partial charge in [0.05, 0.1) is 5.02 Å². The van der Waals surface area contributed by atoms with Gasteiger partial charge in [-0.2, -0.15) is 0 Å². The van der Waals surface area contributed by atoms with Crippen LogP contribution in [0.3, 0.4) is 0 Å². The van der Waals surface area contributed by atoms with E-state index in [1.54, 1.807) is 25.1 Å². The van der Waals surface area contributed by atoms with Gasteiger partial charge in [-0.25, -0.2) is 0 Å². The van der Waals surface area contributed by atoms with E-state index in [4.69, 9.17) is 11.6 Å². The first kappa shape index (κ1) is 11.2. The van der Waals surface area contributed by atoms with Crippen LogP contribution in [0.2, 0.25) is 5.02 Å². The molecule has 2 unspecified atom stereocenters. The van der Waals surface area contributed by atoms with Crippen molar-refractivity contribution in [3.63, 3.8) is 0 Å². The first-order valence-electron chi connectivity index (χ1n) is 3.55. The minimum atomic E-state index is -2.10. The van der Waals surface area contributed by atoms with Gasteiger partial charge in [-0.05, 0) is 51.6 Å². The van der Waals surface area contributed by atoms with E-state index in [1.807, 2.05) is 0 Å². The molecule has 0 aliphatic rings. The van der Waals surface area contributed by atoms with Gasteiger partial charge >= 0.3 is 0 Å². The summed E-state index contributed by atoms with van der Waals surface area (Å²) < 4.78 is 22.0. The zero-order valence-corrected chi connectivity index (χ0v) is 9.95. The summed E-state index contributed by atoms with van der Waals surface area (Å²) in [6, 6.07) is 5.11. The van der Waals surface area contributed by atoms with Crippen LogP contribution in [-0.2, 0) is 11.1 Å². The molecule has 1 rings (SSSR count). The molecule has 13 heavy (non-hydrogen) atoms. The van der Waals surface area contributed by atoms with Crippen molar-refractivity contribution < 1.29 is 8.76 Å². The normalized spacial score (nSPS) is 15.4. The highest BCUT2D eigenvalue weighted by Gasteiger charge is 2.07. The molecule has 1 aromatic carbocycles. The van der Waals surface area contributed by atoms with Crippen molar-refractivity contribution >= 4 is 38.6 Å². The van der Waals surface area contributed by atoms with E-state index in [0.29, 0.717) is 10.6 Å². The zero-order valence-electron chi connectivity index (χ0n) is 6.79. The molecule has 1 aromatic rings. The van der Waals surface area contributed by atoms with E-state index < -0.39 is 16.3 Å². The van der Waals surface area contributed by atoms with Crippen LogP contribution in [0.15, 0.2) is 22.7 Å². The van der Waals surface area contributed by atoms with Crippen LogP contribution in [0.4, 0.5) is 0 Å². The average Bonchev–Trinajstić information content (AvgIpc) is 2.08. The molecule has 0 radical (unpaired) electrons. The van der Waals surface area contributed by atoms with E-state index >= 15 is 0 Å². The smallest absolute Gasteiger partial charge is 0.0551 e. The van der Waals surface area contributed by atoms with Crippen molar-refractivity contribution in [1.82, 2.24) is 0 Å². The Balaban J connectivity index is 3.03. The van der Waals surface area contributed by atoms with E-state index in [9.17, 15) is 8.76 Å². The second-order valence-electron chi connectivity index (χ2n) is 2.58. The maximum Gasteiger partial charge on any atom is 0.0551 e. The highest BCUT2D eigenvalue weighted by molar-refractivity contribution is 9.10. The van der Waals surface area contributed by atoms with Gasteiger partial charge in [0.15, 0.2) is 0 Å². The van der Waals surface area contributed by atoms with Crippen molar-refractivity contribution in [2.24, 2.45) is 0 Å². The lowest BCUT2D eigenvalue weighted by atomic mass is 10.2. The lowest BCUT2D eigenvalue weighted by Gasteiger charge is -2.15. The minimum absolute atomic E-state index is 0.523. The van der Waals surface area contributed by atoms with Gasteiger partial charge in [-0.15, -0.1) is 0 Å². The SMILES string of the molecule is CC(c1ccc(Br)c(Cl)c1)S(=O)[O-]. The van der Waals surface area contributed by atoms with Crippen molar-refractivity contribution in [1.29, 1.82) is 0 Å². The van der Waals surface area contributed by atoms with Crippen molar-refractivity contribution in [2.75, 3.05) is 0 Å². The highest BCUT2D eigenvalue weighted by Crippen LogP contribution is 2.27. The second kappa shape index (κ2) is 4.55. The van der Waals surface area contributed by atoms with Gasteiger partial charge in [0.2, 0.25) is 0 Å². The van der Waals surface area contributed by atoms with Gasteiger partial charge < -0.3 is 4.55 Å². The van der Waals surface area contributed by atoms with Crippen LogP contribution in [-0.4, -0.2) is 8.76 Å². The highest BCUT2D eigenvalue weighted by atomic mass is 79.9. The predicted octanol–water partition coefficient (Wildman–Crippen LogP) is 3.04. The summed E-state index contributed by atoms with van der Waals surface area (Å²) in [5, 5.41) is 0.000370. The molecule has 0 fully saturated rings. The Bertz CT molecular complexity index is 343. The molecule has 2 nitrogen and oxygen atoms in total. The Kier molecular flexibility index (Phi) is 3.91. The van der Waals surface area contributed by atoms with E-state index in [1.165, 1.54) is 0 Å². The first-order valence-corrected chi connectivity index (χ1v) is 5.86. The summed E-state index contributed by atoms with van der Waals surface area (Å²) in [6.07, 6.45) is 0. The fourth-order valence-corrected chi connectivity index (χ4v) is 1.68. The maximum absolute atomic E-state index is 10.6. The quantitative estimate of drug-likeness (QED) is 0.782. The third kappa shape index (κ3) is 2.77. The molecule has 0 amide bonds. The fourth-order valence-electron chi connectivity index (χ4n) is 0.876. The molecule has 0 bridgehead atoms. The molecule has 0 aliphatic carbocycles. The number of benzene rings is 1. The Labute approximate surface area is 92.7 Å². The summed E-state index contributed by atoms with van der Waals surface area (Å²) >= 11 is 6.94. The summed E-state index contributed by atoms with van der Waals surface area (Å²) in [7, 11) is 0. The number of hydrogen-bond donors (Lipinski definition) is 0. The fraction of sp³-hybridized carbons (Fsp3) is 0.250. The molecule has 2 atom stereocenters. The lowest BCUT2D eigenvalue weighted by Crippen LogP contribution is -2.00. The van der Waals surface area contributed by atoms with Crippen LogP contribution in [0.1, 0.15) is 17.7 Å². The van der Waals surface area contributed by atoms with Crippen LogP contribution >= 0.6 is 27.5 Å². The molecule has 0 spiro atoms. The van der Waals surface area contributed by atoms with Crippen molar-refractivity contribution in [2.45, 2.75) is 12.2 Å². The molecule has 0 aromatic heterocycles. The zero-order chi connectivity index (χ0) is 10.0. The van der Waals surface area contributed by atoms with Gasteiger partial charge in [0.1, 0.15) is 0 Å². The maximum atomic E-state index is 10.6. The second-order valence-corrected chi connectivity index (χ2v) is 5.07. The molecule has 5 heteroatoms. The number of halogens is 2. The number of hydrogen-bond acceptors (Lipinski definition) is 2. The van der Waals surface area contributed by atoms with Gasteiger partial charge in [-0.3, -0.25) is 4.21 Å². The topological polar surface area (TPSA) is 40.1 Å². The van der Waals surface area contributed by atoms with Crippen LogP contribution in [0, 0.1) is 0 Å². The third-order valence-corrected chi connectivity index (χ3v) is 3.78. The Morgan fingerprint density at radius 3 is 2.69 bits per heavy atom. The van der Waals surface area contributed by atoms with E-state index in [2.05, 4.69) is 15.9 Å². The molecule has 0 saturated carbocycles. The van der Waals surface area contributed by atoms with E-state index in [-0.39, 0.29) is 0 Å². The summed E-state index contributed by atoms with van der Waals surface area (Å²) in [5.74, 6) is 0. The average molecular weight is 283 g/mol. The molecule has 0 N–H and O–H groups in total. The summed E-state index contributed by atoms with van der Waals surface area (Å²) in [6.45, 7) is 1.61. The summed E-state index contributed by atoms with van der Waals surface area (Å²) in [5.41, 5.74) is 0.696. The lowest BCUT2D eigenvalue weighted by molar-refractivity contribution is 0.527. The molecule has 0 heterocycles. The van der Waals surface area contributed by atoms with Crippen molar-refractivity contribution in [3.8, 4) is 0 Å². The Morgan fingerprint density at radius 2 is 2.23 bits per heavy atom. The Hall–Kier alpha value is 0.1000. The molecule has 72 valence electrons. The standard InChI is InChI=1S/C8H8BrClO2S/c1-5(13(11)12)6-2-3-7(9)8(10)4-6/h2-5H,1H3,(H,11,12)/p-1. The third-order valence-electron chi connectivity index (χ3n) is 1.70. The van der Waals surface area contributed by atoms with Crippen LogP contribution < -0.4 is 0 Å².